The van der Waals surface area contributed by atoms with Crippen LogP contribution in [0.5, 0.6) is 0 Å². The van der Waals surface area contributed by atoms with Gasteiger partial charge in [-0.1, -0.05) is 6.42 Å². The van der Waals surface area contributed by atoms with Crippen molar-refractivity contribution in [3.8, 4) is 0 Å². The molecule has 1 unspecified atom stereocenters. The van der Waals surface area contributed by atoms with Crippen molar-refractivity contribution in [2.75, 3.05) is 0 Å². The van der Waals surface area contributed by atoms with E-state index < -0.39 is 11.9 Å². The lowest BCUT2D eigenvalue weighted by Crippen LogP contribution is -2.14. The Hall–Kier alpha value is -1.32. The van der Waals surface area contributed by atoms with Gasteiger partial charge in [-0.25, -0.2) is 0 Å². The Morgan fingerprint density at radius 1 is 1.69 bits per heavy atom. The summed E-state index contributed by atoms with van der Waals surface area (Å²) in [6.07, 6.45) is 3.71. The van der Waals surface area contributed by atoms with Crippen molar-refractivity contribution in [2.45, 2.75) is 51.5 Å². The molecule has 4 heteroatoms. The maximum Gasteiger partial charge on any atom is 0.312 e. The van der Waals surface area contributed by atoms with Gasteiger partial charge >= 0.3 is 5.97 Å². The first-order chi connectivity index (χ1) is 7.63. The summed E-state index contributed by atoms with van der Waals surface area (Å²) < 4.78 is 1.96. The zero-order valence-electron chi connectivity index (χ0n) is 9.81. The second kappa shape index (κ2) is 4.28. The van der Waals surface area contributed by atoms with Crippen LogP contribution in [0.4, 0.5) is 0 Å². The van der Waals surface area contributed by atoms with E-state index in [0.717, 1.165) is 6.54 Å². The third kappa shape index (κ3) is 1.84. The number of aromatic nitrogens is 2. The molecule has 2 rings (SSSR count). The standard InChI is InChI=1S/C12H18N2O2/c1-3-14-11(9-5-4-6-9)7-10(13-14)8(2)12(15)16/h7-9H,3-6H2,1-2H3,(H,15,16). The first kappa shape index (κ1) is 11.2. The summed E-state index contributed by atoms with van der Waals surface area (Å²) >= 11 is 0. The monoisotopic (exact) mass is 222 g/mol. The van der Waals surface area contributed by atoms with Gasteiger partial charge in [0, 0.05) is 18.2 Å². The molecule has 0 saturated heterocycles. The van der Waals surface area contributed by atoms with E-state index in [1.165, 1.54) is 25.0 Å². The lowest BCUT2D eigenvalue weighted by Gasteiger charge is -2.25. The molecule has 1 fully saturated rings. The minimum Gasteiger partial charge on any atom is -0.481 e. The van der Waals surface area contributed by atoms with Crippen molar-refractivity contribution in [3.63, 3.8) is 0 Å². The maximum atomic E-state index is 10.9. The first-order valence-corrected chi connectivity index (χ1v) is 5.94. The number of carbonyl (C=O) groups is 1. The Kier molecular flexibility index (Phi) is 2.99. The quantitative estimate of drug-likeness (QED) is 0.850. The Morgan fingerprint density at radius 3 is 2.81 bits per heavy atom. The Labute approximate surface area is 95.3 Å². The van der Waals surface area contributed by atoms with Crippen LogP contribution >= 0.6 is 0 Å². The first-order valence-electron chi connectivity index (χ1n) is 5.94. The third-order valence-electron chi connectivity index (χ3n) is 3.47. The highest BCUT2D eigenvalue weighted by atomic mass is 16.4. The van der Waals surface area contributed by atoms with Crippen molar-refractivity contribution in [3.05, 3.63) is 17.5 Å². The van der Waals surface area contributed by atoms with E-state index in [-0.39, 0.29) is 0 Å². The minimum absolute atomic E-state index is 0.508. The van der Waals surface area contributed by atoms with Gasteiger partial charge in [0.25, 0.3) is 0 Å². The van der Waals surface area contributed by atoms with Crippen LogP contribution in [0.3, 0.4) is 0 Å². The average molecular weight is 222 g/mol. The zero-order chi connectivity index (χ0) is 11.7. The number of carboxylic acids is 1. The van der Waals surface area contributed by atoms with E-state index >= 15 is 0 Å². The topological polar surface area (TPSA) is 55.1 Å². The van der Waals surface area contributed by atoms with Crippen molar-refractivity contribution in [1.29, 1.82) is 0 Å². The highest BCUT2D eigenvalue weighted by molar-refractivity contribution is 5.74. The molecule has 1 aliphatic rings. The number of aryl methyl sites for hydroxylation is 1. The normalized spacial score (nSPS) is 18.1. The SMILES string of the molecule is CCn1nc(C(C)C(=O)O)cc1C1CCC1. The van der Waals surface area contributed by atoms with Gasteiger partial charge in [0.1, 0.15) is 0 Å². The molecule has 0 spiro atoms. The molecule has 0 bridgehead atoms. The largest absolute Gasteiger partial charge is 0.481 e. The third-order valence-corrected chi connectivity index (χ3v) is 3.47. The lowest BCUT2D eigenvalue weighted by atomic mass is 9.82. The fourth-order valence-electron chi connectivity index (χ4n) is 2.08. The molecular weight excluding hydrogens is 204 g/mol. The number of rotatable bonds is 4. The second-order valence-electron chi connectivity index (χ2n) is 4.50. The maximum absolute atomic E-state index is 10.9. The van der Waals surface area contributed by atoms with Gasteiger partial charge in [-0.3, -0.25) is 9.48 Å². The van der Waals surface area contributed by atoms with E-state index in [1.807, 2.05) is 17.7 Å². The summed E-state index contributed by atoms with van der Waals surface area (Å²) in [5.74, 6) is -0.713. The van der Waals surface area contributed by atoms with Gasteiger partial charge in [-0.05, 0) is 32.8 Å². The summed E-state index contributed by atoms with van der Waals surface area (Å²) in [7, 11) is 0. The van der Waals surface area contributed by atoms with E-state index in [2.05, 4.69) is 5.10 Å². The summed E-state index contributed by atoms with van der Waals surface area (Å²) in [5.41, 5.74) is 1.91. The van der Waals surface area contributed by atoms with Crippen molar-refractivity contribution in [1.82, 2.24) is 9.78 Å². The molecule has 1 N–H and O–H groups in total. The van der Waals surface area contributed by atoms with Gasteiger partial charge in [0.05, 0.1) is 11.6 Å². The molecule has 1 aliphatic carbocycles. The Bertz CT molecular complexity index is 394. The van der Waals surface area contributed by atoms with E-state index in [9.17, 15) is 4.79 Å². The molecule has 1 aromatic rings. The van der Waals surface area contributed by atoms with Crippen LogP contribution in [0.2, 0.25) is 0 Å². The number of nitrogens with zero attached hydrogens (tertiary/aromatic N) is 2. The fraction of sp³-hybridized carbons (Fsp3) is 0.667. The van der Waals surface area contributed by atoms with Crippen LogP contribution in [0.15, 0.2) is 6.07 Å². The van der Waals surface area contributed by atoms with E-state index in [0.29, 0.717) is 11.6 Å². The summed E-state index contributed by atoms with van der Waals surface area (Å²) in [5, 5.41) is 13.4. The van der Waals surface area contributed by atoms with Crippen LogP contribution in [0.25, 0.3) is 0 Å². The highest BCUT2D eigenvalue weighted by Crippen LogP contribution is 2.37. The van der Waals surface area contributed by atoms with Gasteiger partial charge in [-0.2, -0.15) is 5.10 Å². The van der Waals surface area contributed by atoms with Gasteiger partial charge in [-0.15, -0.1) is 0 Å². The molecular formula is C12H18N2O2. The summed E-state index contributed by atoms with van der Waals surface area (Å²) in [6.45, 7) is 4.55. The van der Waals surface area contributed by atoms with Crippen LogP contribution < -0.4 is 0 Å². The van der Waals surface area contributed by atoms with E-state index in [4.69, 9.17) is 5.11 Å². The molecule has 1 atom stereocenters. The molecule has 88 valence electrons. The lowest BCUT2D eigenvalue weighted by molar-refractivity contribution is -0.138. The predicted molar refractivity (Wildman–Crippen MR) is 60.5 cm³/mol. The minimum atomic E-state index is -0.805. The Balaban J connectivity index is 2.27. The van der Waals surface area contributed by atoms with E-state index in [1.54, 1.807) is 6.92 Å². The molecule has 0 radical (unpaired) electrons. The predicted octanol–water partition coefficient (Wildman–Crippen LogP) is 2.36. The molecule has 0 aromatic carbocycles. The van der Waals surface area contributed by atoms with Crippen molar-refractivity contribution < 1.29 is 9.90 Å². The molecule has 1 heterocycles. The number of hydrogen-bond acceptors (Lipinski definition) is 2. The smallest absolute Gasteiger partial charge is 0.312 e. The number of carboxylic acid groups (broad SMARTS) is 1. The van der Waals surface area contributed by atoms with Gasteiger partial charge in [0.15, 0.2) is 0 Å². The van der Waals surface area contributed by atoms with Crippen LogP contribution in [-0.2, 0) is 11.3 Å². The number of aliphatic carboxylic acids is 1. The Morgan fingerprint density at radius 2 is 2.38 bits per heavy atom. The second-order valence-corrected chi connectivity index (χ2v) is 4.50. The number of hydrogen-bond donors (Lipinski definition) is 1. The molecule has 0 amide bonds. The zero-order valence-corrected chi connectivity index (χ0v) is 9.81. The fourth-order valence-corrected chi connectivity index (χ4v) is 2.08. The van der Waals surface area contributed by atoms with Crippen LogP contribution in [0.1, 0.15) is 56.3 Å². The molecule has 1 aromatic heterocycles. The van der Waals surface area contributed by atoms with Gasteiger partial charge in [0.2, 0.25) is 0 Å². The van der Waals surface area contributed by atoms with Crippen LogP contribution in [-0.4, -0.2) is 20.9 Å². The van der Waals surface area contributed by atoms with Crippen LogP contribution in [0, 0.1) is 0 Å². The summed E-state index contributed by atoms with van der Waals surface area (Å²) in [4.78, 5) is 10.9. The molecule has 0 aliphatic heterocycles. The van der Waals surface area contributed by atoms with Crippen molar-refractivity contribution in [2.24, 2.45) is 0 Å². The highest BCUT2D eigenvalue weighted by Gasteiger charge is 2.26. The molecule has 16 heavy (non-hydrogen) atoms. The molecule has 4 nitrogen and oxygen atoms in total. The van der Waals surface area contributed by atoms with Crippen molar-refractivity contribution >= 4 is 5.97 Å². The van der Waals surface area contributed by atoms with Gasteiger partial charge < -0.3 is 5.11 Å². The average Bonchev–Trinajstić information content (AvgIpc) is 2.57. The molecule has 1 saturated carbocycles. The summed E-state index contributed by atoms with van der Waals surface area (Å²) in [6, 6.07) is 1.98.